The van der Waals surface area contributed by atoms with Crippen molar-refractivity contribution >= 4 is 11.6 Å². The Balaban J connectivity index is 2.28. The zero-order valence-electron chi connectivity index (χ0n) is 9.35. The third-order valence-electron chi connectivity index (χ3n) is 2.49. The number of alkyl halides is 2. The van der Waals surface area contributed by atoms with Gasteiger partial charge in [0.25, 0.3) is 6.43 Å². The molecule has 0 bridgehead atoms. The van der Waals surface area contributed by atoms with Crippen LogP contribution in [0.3, 0.4) is 0 Å². The fourth-order valence-electron chi connectivity index (χ4n) is 1.62. The van der Waals surface area contributed by atoms with E-state index in [2.05, 4.69) is 10.3 Å². The standard InChI is InChI=1S/C11H11ClF2N4/c12-8-3-1-7(2-4-8)6-18-10(11(13)14)9(5-15)16-17-18/h1-4,11H,5-6,15H2. The number of nitrogens with two attached hydrogens (primary N) is 1. The Morgan fingerprint density at radius 1 is 1.28 bits per heavy atom. The minimum absolute atomic E-state index is 0.0553. The number of hydrogen-bond donors (Lipinski definition) is 1. The number of rotatable bonds is 4. The van der Waals surface area contributed by atoms with E-state index in [4.69, 9.17) is 17.3 Å². The highest BCUT2D eigenvalue weighted by Crippen LogP contribution is 2.22. The van der Waals surface area contributed by atoms with E-state index in [0.717, 1.165) is 10.2 Å². The summed E-state index contributed by atoms with van der Waals surface area (Å²) in [6.07, 6.45) is -2.65. The summed E-state index contributed by atoms with van der Waals surface area (Å²) in [6.45, 7) is 0.157. The van der Waals surface area contributed by atoms with E-state index in [-0.39, 0.29) is 24.5 Å². The smallest absolute Gasteiger partial charge is 0.281 e. The summed E-state index contributed by atoms with van der Waals surface area (Å²) in [5, 5.41) is 7.94. The maximum atomic E-state index is 12.9. The van der Waals surface area contributed by atoms with Gasteiger partial charge in [-0.25, -0.2) is 13.5 Å². The summed E-state index contributed by atoms with van der Waals surface area (Å²) in [6, 6.07) is 6.89. The minimum atomic E-state index is -2.65. The van der Waals surface area contributed by atoms with Crippen LogP contribution >= 0.6 is 11.6 Å². The lowest BCUT2D eigenvalue weighted by Gasteiger charge is -2.06. The zero-order valence-corrected chi connectivity index (χ0v) is 10.1. The average Bonchev–Trinajstić information content (AvgIpc) is 2.75. The van der Waals surface area contributed by atoms with Crippen molar-refractivity contribution in [3.8, 4) is 0 Å². The highest BCUT2D eigenvalue weighted by Gasteiger charge is 2.20. The van der Waals surface area contributed by atoms with Gasteiger partial charge >= 0.3 is 0 Å². The lowest BCUT2D eigenvalue weighted by atomic mass is 10.2. The molecule has 0 saturated heterocycles. The van der Waals surface area contributed by atoms with Gasteiger partial charge in [0, 0.05) is 11.6 Å². The number of hydrogen-bond acceptors (Lipinski definition) is 3. The van der Waals surface area contributed by atoms with Crippen LogP contribution < -0.4 is 5.73 Å². The minimum Gasteiger partial charge on any atom is -0.325 e. The van der Waals surface area contributed by atoms with Crippen LogP contribution in [0, 0.1) is 0 Å². The molecule has 7 heteroatoms. The molecule has 2 N–H and O–H groups in total. The van der Waals surface area contributed by atoms with E-state index in [0.29, 0.717) is 5.02 Å². The van der Waals surface area contributed by atoms with Crippen molar-refractivity contribution in [1.29, 1.82) is 0 Å². The third-order valence-corrected chi connectivity index (χ3v) is 2.74. The van der Waals surface area contributed by atoms with Crippen LogP contribution in [0.25, 0.3) is 0 Å². The van der Waals surface area contributed by atoms with Crippen LogP contribution in [-0.4, -0.2) is 15.0 Å². The monoisotopic (exact) mass is 272 g/mol. The summed E-state index contributed by atoms with van der Waals surface area (Å²) in [4.78, 5) is 0. The van der Waals surface area contributed by atoms with Gasteiger partial charge in [-0.3, -0.25) is 0 Å². The highest BCUT2D eigenvalue weighted by atomic mass is 35.5. The molecule has 0 fully saturated rings. The maximum Gasteiger partial charge on any atom is 0.281 e. The second-order valence-corrected chi connectivity index (χ2v) is 4.15. The quantitative estimate of drug-likeness (QED) is 0.930. The van der Waals surface area contributed by atoms with Gasteiger partial charge in [-0.1, -0.05) is 28.9 Å². The summed E-state index contributed by atoms with van der Waals surface area (Å²) in [5.41, 5.74) is 6.06. The number of benzene rings is 1. The Bertz CT molecular complexity index is 524. The molecule has 0 saturated carbocycles. The molecule has 4 nitrogen and oxygen atoms in total. The molecule has 0 atom stereocenters. The summed E-state index contributed by atoms with van der Waals surface area (Å²) >= 11 is 5.75. The van der Waals surface area contributed by atoms with Gasteiger partial charge in [-0.05, 0) is 17.7 Å². The fourth-order valence-corrected chi connectivity index (χ4v) is 1.75. The Morgan fingerprint density at radius 3 is 2.50 bits per heavy atom. The normalized spacial score (nSPS) is 11.2. The topological polar surface area (TPSA) is 56.7 Å². The van der Waals surface area contributed by atoms with Gasteiger partial charge in [-0.2, -0.15) is 0 Å². The molecule has 1 heterocycles. The van der Waals surface area contributed by atoms with E-state index < -0.39 is 6.43 Å². The first kappa shape index (κ1) is 12.9. The first-order valence-electron chi connectivity index (χ1n) is 5.26. The molecule has 1 aromatic carbocycles. The van der Waals surface area contributed by atoms with Crippen LogP contribution in [0.1, 0.15) is 23.4 Å². The first-order chi connectivity index (χ1) is 8.61. The van der Waals surface area contributed by atoms with Crippen molar-refractivity contribution in [3.63, 3.8) is 0 Å². The molecule has 2 aromatic rings. The van der Waals surface area contributed by atoms with Crippen LogP contribution in [0.15, 0.2) is 24.3 Å². The lowest BCUT2D eigenvalue weighted by Crippen LogP contribution is -2.09. The average molecular weight is 273 g/mol. The molecule has 18 heavy (non-hydrogen) atoms. The van der Waals surface area contributed by atoms with Crippen molar-refractivity contribution < 1.29 is 8.78 Å². The van der Waals surface area contributed by atoms with Crippen molar-refractivity contribution in [2.24, 2.45) is 5.73 Å². The zero-order chi connectivity index (χ0) is 13.1. The third kappa shape index (κ3) is 2.65. The predicted octanol–water partition coefficient (Wildman–Crippen LogP) is 2.38. The van der Waals surface area contributed by atoms with Crippen LogP contribution in [0.4, 0.5) is 8.78 Å². The van der Waals surface area contributed by atoms with E-state index in [9.17, 15) is 8.78 Å². The molecular weight excluding hydrogens is 262 g/mol. The Hall–Kier alpha value is -1.53. The van der Waals surface area contributed by atoms with E-state index in [1.54, 1.807) is 24.3 Å². The SMILES string of the molecule is NCc1nnn(Cc2ccc(Cl)cc2)c1C(F)F. The molecule has 0 radical (unpaired) electrons. The van der Waals surface area contributed by atoms with Crippen LogP contribution in [-0.2, 0) is 13.1 Å². The maximum absolute atomic E-state index is 12.9. The lowest BCUT2D eigenvalue weighted by molar-refractivity contribution is 0.138. The Labute approximate surface area is 107 Å². The predicted molar refractivity (Wildman–Crippen MR) is 63.4 cm³/mol. The first-order valence-corrected chi connectivity index (χ1v) is 5.64. The van der Waals surface area contributed by atoms with Crippen LogP contribution in [0.5, 0.6) is 0 Å². The summed E-state index contributed by atoms with van der Waals surface area (Å²) in [7, 11) is 0. The number of aromatic nitrogens is 3. The molecule has 0 aliphatic rings. The summed E-state index contributed by atoms with van der Waals surface area (Å²) in [5.74, 6) is 0. The van der Waals surface area contributed by atoms with Gasteiger partial charge in [0.05, 0.1) is 6.54 Å². The van der Waals surface area contributed by atoms with Crippen molar-refractivity contribution in [2.45, 2.75) is 19.5 Å². The fraction of sp³-hybridized carbons (Fsp3) is 0.273. The largest absolute Gasteiger partial charge is 0.325 e. The Morgan fingerprint density at radius 2 is 1.94 bits per heavy atom. The highest BCUT2D eigenvalue weighted by molar-refractivity contribution is 6.30. The van der Waals surface area contributed by atoms with Crippen LogP contribution in [0.2, 0.25) is 5.02 Å². The van der Waals surface area contributed by atoms with E-state index in [1.165, 1.54) is 0 Å². The van der Waals surface area contributed by atoms with Crippen molar-refractivity contribution in [1.82, 2.24) is 15.0 Å². The molecule has 0 amide bonds. The van der Waals surface area contributed by atoms with Gasteiger partial charge in [0.2, 0.25) is 0 Å². The molecule has 1 aromatic heterocycles. The van der Waals surface area contributed by atoms with Gasteiger partial charge in [0.15, 0.2) is 0 Å². The molecule has 0 spiro atoms. The molecule has 0 aliphatic carbocycles. The second kappa shape index (κ2) is 5.41. The Kier molecular flexibility index (Phi) is 3.88. The van der Waals surface area contributed by atoms with Gasteiger partial charge in [-0.15, -0.1) is 5.10 Å². The molecule has 0 aliphatic heterocycles. The van der Waals surface area contributed by atoms with Gasteiger partial charge in [0.1, 0.15) is 11.4 Å². The second-order valence-electron chi connectivity index (χ2n) is 3.71. The molecule has 96 valence electrons. The molecule has 2 rings (SSSR count). The summed E-state index contributed by atoms with van der Waals surface area (Å²) < 4.78 is 27.0. The molecular formula is C11H11ClF2N4. The van der Waals surface area contributed by atoms with Gasteiger partial charge < -0.3 is 5.73 Å². The van der Waals surface area contributed by atoms with E-state index >= 15 is 0 Å². The van der Waals surface area contributed by atoms with Crippen molar-refractivity contribution in [2.75, 3.05) is 0 Å². The molecule has 0 unspecified atom stereocenters. The van der Waals surface area contributed by atoms with Crippen molar-refractivity contribution in [3.05, 3.63) is 46.2 Å². The number of halogens is 3. The van der Waals surface area contributed by atoms with E-state index in [1.807, 2.05) is 0 Å². The number of nitrogens with zero attached hydrogens (tertiary/aromatic N) is 3.